The zero-order valence-electron chi connectivity index (χ0n) is 14.2. The van der Waals surface area contributed by atoms with E-state index in [1.165, 1.54) is 39.0 Å². The van der Waals surface area contributed by atoms with E-state index in [-0.39, 0.29) is 16.7 Å². The molecule has 132 valence electrons. The molecule has 0 aromatic carbocycles. The van der Waals surface area contributed by atoms with Crippen LogP contribution in [0.25, 0.3) is 0 Å². The van der Waals surface area contributed by atoms with E-state index in [1.807, 2.05) is 0 Å². The molecule has 0 spiro atoms. The Kier molecular flexibility index (Phi) is 6.51. The van der Waals surface area contributed by atoms with Gasteiger partial charge in [-0.3, -0.25) is 0 Å². The van der Waals surface area contributed by atoms with Gasteiger partial charge in [-0.15, -0.1) is 0 Å². The molecular weight excluding hydrogens is 312 g/mol. The van der Waals surface area contributed by atoms with Crippen LogP contribution in [0.5, 0.6) is 0 Å². The van der Waals surface area contributed by atoms with E-state index in [4.69, 9.17) is 0 Å². The van der Waals surface area contributed by atoms with Gasteiger partial charge in [-0.25, -0.2) is 14.4 Å². The fraction of sp³-hybridized carbons (Fsp3) is 0.500. The van der Waals surface area contributed by atoms with Gasteiger partial charge >= 0.3 is 17.9 Å². The van der Waals surface area contributed by atoms with Crippen molar-refractivity contribution in [2.45, 2.75) is 46.5 Å². The second-order valence-electron chi connectivity index (χ2n) is 6.51. The minimum Gasteiger partial charge on any atom is -0.478 e. The Hall–Kier alpha value is -2.37. The summed E-state index contributed by atoms with van der Waals surface area (Å²) in [5.74, 6) is -3.03. The van der Waals surface area contributed by atoms with Gasteiger partial charge in [0.15, 0.2) is 0 Å². The number of carbonyl (C=O) groups is 3. The third kappa shape index (κ3) is 5.37. The molecule has 0 saturated heterocycles. The summed E-state index contributed by atoms with van der Waals surface area (Å²) in [5, 5.41) is 27.6. The van der Waals surface area contributed by atoms with Crippen LogP contribution in [0.15, 0.2) is 34.9 Å². The van der Waals surface area contributed by atoms with Crippen molar-refractivity contribution in [1.82, 2.24) is 0 Å². The Morgan fingerprint density at radius 1 is 0.833 bits per heavy atom. The third-order valence-corrected chi connectivity index (χ3v) is 4.33. The maximum absolute atomic E-state index is 11.2. The van der Waals surface area contributed by atoms with E-state index < -0.39 is 23.3 Å². The van der Waals surface area contributed by atoms with E-state index in [0.29, 0.717) is 12.3 Å². The SMILES string of the molecule is CC(=CC(C=C(C)C(=O)O)(C=C(C)C(=O)O)CC1CCC1)C(=O)O. The monoisotopic (exact) mass is 336 g/mol. The lowest BCUT2D eigenvalue weighted by molar-refractivity contribution is -0.133. The van der Waals surface area contributed by atoms with Gasteiger partial charge in [0, 0.05) is 22.1 Å². The molecule has 0 unspecified atom stereocenters. The van der Waals surface area contributed by atoms with Crippen LogP contribution >= 0.6 is 0 Å². The summed E-state index contributed by atoms with van der Waals surface area (Å²) in [6.07, 6.45) is 7.91. The second kappa shape index (κ2) is 7.95. The first-order chi connectivity index (χ1) is 11.1. The van der Waals surface area contributed by atoms with Crippen LogP contribution in [-0.4, -0.2) is 33.2 Å². The minimum atomic E-state index is -1.12. The highest BCUT2D eigenvalue weighted by molar-refractivity contribution is 5.89. The van der Waals surface area contributed by atoms with Crippen molar-refractivity contribution < 1.29 is 29.7 Å². The number of hydrogen-bond donors (Lipinski definition) is 3. The molecule has 0 radical (unpaired) electrons. The highest BCUT2D eigenvalue weighted by Crippen LogP contribution is 2.42. The molecule has 1 saturated carbocycles. The van der Waals surface area contributed by atoms with Crippen molar-refractivity contribution in [3.05, 3.63) is 34.9 Å². The minimum absolute atomic E-state index is 0.0539. The molecule has 0 bridgehead atoms. The molecule has 0 amide bonds. The Morgan fingerprint density at radius 2 is 1.17 bits per heavy atom. The zero-order valence-corrected chi connectivity index (χ0v) is 14.2. The van der Waals surface area contributed by atoms with Gasteiger partial charge in [-0.05, 0) is 33.1 Å². The molecule has 6 heteroatoms. The average Bonchev–Trinajstić information content (AvgIpc) is 2.42. The van der Waals surface area contributed by atoms with Gasteiger partial charge in [0.2, 0.25) is 0 Å². The topological polar surface area (TPSA) is 112 Å². The summed E-state index contributed by atoms with van der Waals surface area (Å²) in [6, 6.07) is 0. The second-order valence-corrected chi connectivity index (χ2v) is 6.51. The largest absolute Gasteiger partial charge is 0.478 e. The van der Waals surface area contributed by atoms with Crippen molar-refractivity contribution in [1.29, 1.82) is 0 Å². The molecule has 1 rings (SSSR count). The van der Waals surface area contributed by atoms with Crippen molar-refractivity contribution in [3.8, 4) is 0 Å². The number of allylic oxidation sites excluding steroid dienone is 3. The van der Waals surface area contributed by atoms with E-state index in [1.54, 1.807) is 0 Å². The number of carboxylic acids is 3. The van der Waals surface area contributed by atoms with Crippen LogP contribution in [0.3, 0.4) is 0 Å². The first-order valence-corrected chi connectivity index (χ1v) is 7.84. The van der Waals surface area contributed by atoms with Crippen molar-refractivity contribution >= 4 is 17.9 Å². The first kappa shape index (κ1) is 19.7. The molecule has 1 aliphatic carbocycles. The maximum atomic E-state index is 11.2. The van der Waals surface area contributed by atoms with Crippen LogP contribution < -0.4 is 0 Å². The number of hydrogen-bond acceptors (Lipinski definition) is 3. The molecule has 1 fully saturated rings. The van der Waals surface area contributed by atoms with Gasteiger partial charge in [0.25, 0.3) is 0 Å². The van der Waals surface area contributed by atoms with Crippen LogP contribution in [0, 0.1) is 11.3 Å². The van der Waals surface area contributed by atoms with Gasteiger partial charge in [0.1, 0.15) is 0 Å². The molecule has 24 heavy (non-hydrogen) atoms. The summed E-state index contributed by atoms with van der Waals surface area (Å²) >= 11 is 0. The molecule has 3 N–H and O–H groups in total. The van der Waals surface area contributed by atoms with Crippen LogP contribution in [0.4, 0.5) is 0 Å². The molecule has 0 heterocycles. The third-order valence-electron chi connectivity index (χ3n) is 4.33. The summed E-state index contributed by atoms with van der Waals surface area (Å²) < 4.78 is 0. The molecular formula is C18H24O6. The number of carboxylic acid groups (broad SMARTS) is 3. The van der Waals surface area contributed by atoms with Gasteiger partial charge in [0.05, 0.1) is 0 Å². The van der Waals surface area contributed by atoms with E-state index in [2.05, 4.69) is 0 Å². The molecule has 1 aliphatic rings. The fourth-order valence-corrected chi connectivity index (χ4v) is 2.89. The number of aliphatic carboxylic acids is 3. The van der Waals surface area contributed by atoms with Crippen LogP contribution in [0.1, 0.15) is 46.5 Å². The summed E-state index contributed by atoms with van der Waals surface area (Å²) in [4.78, 5) is 33.7. The fourth-order valence-electron chi connectivity index (χ4n) is 2.89. The first-order valence-electron chi connectivity index (χ1n) is 7.84. The lowest BCUT2D eigenvalue weighted by Crippen LogP contribution is -2.25. The van der Waals surface area contributed by atoms with Crippen LogP contribution in [-0.2, 0) is 14.4 Å². The van der Waals surface area contributed by atoms with Gasteiger partial charge in [-0.2, -0.15) is 0 Å². The highest BCUT2D eigenvalue weighted by atomic mass is 16.4. The molecule has 0 aromatic rings. The van der Waals surface area contributed by atoms with E-state index >= 15 is 0 Å². The highest BCUT2D eigenvalue weighted by Gasteiger charge is 2.32. The molecule has 0 aliphatic heterocycles. The van der Waals surface area contributed by atoms with E-state index in [9.17, 15) is 29.7 Å². The average molecular weight is 336 g/mol. The zero-order chi connectivity index (χ0) is 18.5. The lowest BCUT2D eigenvalue weighted by Gasteiger charge is -2.35. The Morgan fingerprint density at radius 3 is 1.38 bits per heavy atom. The Labute approximate surface area is 141 Å². The molecule has 0 atom stereocenters. The van der Waals surface area contributed by atoms with Crippen molar-refractivity contribution in [2.24, 2.45) is 11.3 Å². The normalized spacial score (nSPS) is 19.4. The van der Waals surface area contributed by atoms with E-state index in [0.717, 1.165) is 19.3 Å². The Bertz CT molecular complexity index is 545. The predicted molar refractivity (Wildman–Crippen MR) is 88.6 cm³/mol. The summed E-state index contributed by atoms with van der Waals surface area (Å²) in [6.45, 7) is 4.27. The van der Waals surface area contributed by atoms with Crippen molar-refractivity contribution in [2.75, 3.05) is 0 Å². The smallest absolute Gasteiger partial charge is 0.330 e. The van der Waals surface area contributed by atoms with Gasteiger partial charge < -0.3 is 15.3 Å². The van der Waals surface area contributed by atoms with Crippen LogP contribution in [0.2, 0.25) is 0 Å². The van der Waals surface area contributed by atoms with Gasteiger partial charge in [-0.1, -0.05) is 37.5 Å². The predicted octanol–water partition coefficient (Wildman–Crippen LogP) is 3.26. The summed E-state index contributed by atoms with van der Waals surface area (Å²) in [5.41, 5.74) is -0.881. The quantitative estimate of drug-likeness (QED) is 0.587. The summed E-state index contributed by atoms with van der Waals surface area (Å²) in [7, 11) is 0. The lowest BCUT2D eigenvalue weighted by atomic mass is 9.69. The maximum Gasteiger partial charge on any atom is 0.330 e. The number of rotatable bonds is 8. The molecule has 6 nitrogen and oxygen atoms in total. The van der Waals surface area contributed by atoms with Crippen molar-refractivity contribution in [3.63, 3.8) is 0 Å². The molecule has 0 aromatic heterocycles. The standard InChI is InChI=1S/C18H24O6/c1-11(15(19)20)7-18(8-12(2)16(21)22,9-13(3)17(23)24)10-14-5-4-6-14/h7-9,14H,4-6,10H2,1-3H3,(H,19,20)(H,21,22)(H,23,24). The Balaban J connectivity index is 3.50.